The number of carbonyl (C=O) groups is 5. The molecule has 2 aliphatic heterocycles. The standard InChI is InChI=1S/C22H22N4O8S/c23-19(29)15-8-26(9-16(27)25-13-7-17(28)34-21(13)31)20(30)14(10-35-15)33-22(32)18-12-4-2-1-3-11(12)5-6-24-18/h1-6,13-15,21,31H,7-10H2,(H2,23,29)(H,25,27). The van der Waals surface area contributed by atoms with Gasteiger partial charge >= 0.3 is 11.9 Å². The van der Waals surface area contributed by atoms with Crippen LogP contribution in [0.4, 0.5) is 0 Å². The Labute approximate surface area is 203 Å². The number of nitrogens with two attached hydrogens (primary N) is 1. The first-order valence-electron chi connectivity index (χ1n) is 10.6. The molecule has 4 unspecified atom stereocenters. The number of hydrogen-bond donors (Lipinski definition) is 3. The maximum Gasteiger partial charge on any atom is 0.358 e. The molecule has 2 fully saturated rings. The minimum absolute atomic E-state index is 0.0285. The van der Waals surface area contributed by atoms with Crippen LogP contribution in [0.2, 0.25) is 0 Å². The monoisotopic (exact) mass is 502 g/mol. The summed E-state index contributed by atoms with van der Waals surface area (Å²) >= 11 is 1.04. The molecule has 4 rings (SSSR count). The molecule has 13 heteroatoms. The van der Waals surface area contributed by atoms with Gasteiger partial charge in [-0.3, -0.25) is 19.2 Å². The van der Waals surface area contributed by atoms with Crippen LogP contribution >= 0.6 is 11.8 Å². The van der Waals surface area contributed by atoms with Crippen LogP contribution in [0, 0.1) is 0 Å². The summed E-state index contributed by atoms with van der Waals surface area (Å²) < 4.78 is 10.1. The lowest BCUT2D eigenvalue weighted by atomic mass is 10.1. The molecule has 2 aromatic rings. The molecule has 35 heavy (non-hydrogen) atoms. The van der Waals surface area contributed by atoms with E-state index in [4.69, 9.17) is 10.5 Å². The quantitative estimate of drug-likeness (QED) is 0.412. The molecule has 0 radical (unpaired) electrons. The fourth-order valence-corrected chi connectivity index (χ4v) is 4.85. The van der Waals surface area contributed by atoms with Crippen molar-refractivity contribution >= 4 is 52.2 Å². The molecule has 4 atom stereocenters. The number of ether oxygens (including phenoxy) is 2. The molecule has 2 aliphatic rings. The van der Waals surface area contributed by atoms with E-state index in [1.807, 2.05) is 6.07 Å². The van der Waals surface area contributed by atoms with E-state index >= 15 is 0 Å². The molecular formula is C22H22N4O8S. The molecule has 12 nitrogen and oxygen atoms in total. The normalized spacial score (nSPS) is 24.5. The van der Waals surface area contributed by atoms with Crippen molar-refractivity contribution in [1.82, 2.24) is 15.2 Å². The summed E-state index contributed by atoms with van der Waals surface area (Å²) in [6, 6.07) is 7.82. The van der Waals surface area contributed by atoms with Gasteiger partial charge in [-0.1, -0.05) is 24.3 Å². The molecule has 1 aromatic carbocycles. The van der Waals surface area contributed by atoms with Gasteiger partial charge in [0, 0.05) is 23.9 Å². The number of nitrogens with one attached hydrogen (secondary N) is 1. The minimum atomic E-state index is -1.50. The number of rotatable bonds is 6. The first-order chi connectivity index (χ1) is 16.7. The summed E-state index contributed by atoms with van der Waals surface area (Å²) in [6.07, 6.45) is -1.57. The van der Waals surface area contributed by atoms with Crippen molar-refractivity contribution in [1.29, 1.82) is 0 Å². The van der Waals surface area contributed by atoms with Gasteiger partial charge in [-0.25, -0.2) is 9.78 Å². The number of aliphatic hydroxyl groups is 1. The van der Waals surface area contributed by atoms with Crippen molar-refractivity contribution in [2.24, 2.45) is 5.73 Å². The number of benzene rings is 1. The molecule has 2 saturated heterocycles. The average molecular weight is 503 g/mol. The first kappa shape index (κ1) is 24.4. The van der Waals surface area contributed by atoms with E-state index in [9.17, 15) is 29.1 Å². The lowest BCUT2D eigenvalue weighted by Crippen LogP contribution is -2.50. The molecule has 4 N–H and O–H groups in total. The summed E-state index contributed by atoms with van der Waals surface area (Å²) in [7, 11) is 0. The zero-order valence-electron chi connectivity index (χ0n) is 18.3. The van der Waals surface area contributed by atoms with Crippen LogP contribution in [0.3, 0.4) is 0 Å². The van der Waals surface area contributed by atoms with Gasteiger partial charge < -0.3 is 30.5 Å². The highest BCUT2D eigenvalue weighted by Gasteiger charge is 2.39. The van der Waals surface area contributed by atoms with Crippen molar-refractivity contribution < 1.29 is 38.6 Å². The molecule has 0 aliphatic carbocycles. The lowest BCUT2D eigenvalue weighted by Gasteiger charge is -2.25. The highest BCUT2D eigenvalue weighted by Crippen LogP contribution is 2.24. The van der Waals surface area contributed by atoms with Crippen LogP contribution < -0.4 is 11.1 Å². The van der Waals surface area contributed by atoms with Crippen LogP contribution in [0.25, 0.3) is 10.8 Å². The Balaban J connectivity index is 1.49. The summed E-state index contributed by atoms with van der Waals surface area (Å²) in [5.41, 5.74) is 5.47. The van der Waals surface area contributed by atoms with E-state index < -0.39 is 59.9 Å². The van der Waals surface area contributed by atoms with Crippen LogP contribution in [0.1, 0.15) is 16.9 Å². The topological polar surface area (TPSA) is 178 Å². The second kappa shape index (κ2) is 10.3. The number of hydrogen-bond acceptors (Lipinski definition) is 10. The molecule has 184 valence electrons. The predicted molar refractivity (Wildman–Crippen MR) is 122 cm³/mol. The Morgan fingerprint density at radius 2 is 2.03 bits per heavy atom. The fourth-order valence-electron chi connectivity index (χ4n) is 3.78. The molecule has 3 heterocycles. The highest BCUT2D eigenvalue weighted by molar-refractivity contribution is 8.00. The summed E-state index contributed by atoms with van der Waals surface area (Å²) in [5, 5.41) is 12.6. The minimum Gasteiger partial charge on any atom is -0.447 e. The Hall–Kier alpha value is -3.71. The number of cyclic esters (lactones) is 1. The van der Waals surface area contributed by atoms with Crippen molar-refractivity contribution in [2.75, 3.05) is 18.8 Å². The maximum absolute atomic E-state index is 13.2. The Morgan fingerprint density at radius 1 is 1.26 bits per heavy atom. The Bertz CT molecular complexity index is 1190. The van der Waals surface area contributed by atoms with Crippen LogP contribution in [0.5, 0.6) is 0 Å². The van der Waals surface area contributed by atoms with Gasteiger partial charge in [0.2, 0.25) is 18.1 Å². The van der Waals surface area contributed by atoms with Crippen LogP contribution in [-0.4, -0.2) is 87.2 Å². The molecular weight excluding hydrogens is 480 g/mol. The van der Waals surface area contributed by atoms with E-state index in [0.717, 1.165) is 22.0 Å². The average Bonchev–Trinajstić information content (AvgIpc) is 3.05. The van der Waals surface area contributed by atoms with Gasteiger partial charge in [-0.2, -0.15) is 0 Å². The highest BCUT2D eigenvalue weighted by atomic mass is 32.2. The SMILES string of the molecule is NC(=O)C1CN(CC(=O)NC2CC(=O)OC2O)C(=O)C(OC(=O)c2nccc3ccccc23)CS1. The Kier molecular flexibility index (Phi) is 7.17. The number of fused-ring (bicyclic) bond motifs is 1. The van der Waals surface area contributed by atoms with E-state index in [2.05, 4.69) is 15.0 Å². The van der Waals surface area contributed by atoms with Gasteiger partial charge in [-0.15, -0.1) is 11.8 Å². The van der Waals surface area contributed by atoms with Gasteiger partial charge in [-0.05, 0) is 11.5 Å². The second-order valence-electron chi connectivity index (χ2n) is 7.98. The van der Waals surface area contributed by atoms with Gasteiger partial charge in [0.25, 0.3) is 5.91 Å². The second-order valence-corrected chi connectivity index (χ2v) is 9.21. The number of nitrogens with zero attached hydrogens (tertiary/aromatic N) is 2. The summed E-state index contributed by atoms with van der Waals surface area (Å²) in [6.45, 7) is -0.698. The zero-order chi connectivity index (χ0) is 25.1. The molecule has 0 spiro atoms. The summed E-state index contributed by atoms with van der Waals surface area (Å²) in [5.74, 6) is -3.63. The molecule has 0 bridgehead atoms. The van der Waals surface area contributed by atoms with Crippen molar-refractivity contribution in [2.45, 2.75) is 30.1 Å². The predicted octanol–water partition coefficient (Wildman–Crippen LogP) is -1.06. The number of primary amides is 1. The van der Waals surface area contributed by atoms with E-state index in [1.54, 1.807) is 24.3 Å². The van der Waals surface area contributed by atoms with Gasteiger partial charge in [0.1, 0.15) is 11.3 Å². The van der Waals surface area contributed by atoms with Crippen LogP contribution in [-0.2, 0) is 28.7 Å². The fraction of sp³-hybridized carbons (Fsp3) is 0.364. The number of aromatic nitrogens is 1. The number of thioether (sulfide) groups is 1. The van der Waals surface area contributed by atoms with Gasteiger partial charge in [0.05, 0.1) is 13.0 Å². The molecule has 1 aromatic heterocycles. The van der Waals surface area contributed by atoms with Crippen molar-refractivity contribution in [3.8, 4) is 0 Å². The van der Waals surface area contributed by atoms with E-state index in [0.29, 0.717) is 5.39 Å². The van der Waals surface area contributed by atoms with Crippen LogP contribution in [0.15, 0.2) is 36.5 Å². The third-order valence-corrected chi connectivity index (χ3v) is 6.80. The number of aliphatic hydroxyl groups excluding tert-OH is 1. The lowest BCUT2D eigenvalue weighted by molar-refractivity contribution is -0.155. The smallest absolute Gasteiger partial charge is 0.358 e. The number of pyridine rings is 1. The zero-order valence-corrected chi connectivity index (χ0v) is 19.1. The maximum atomic E-state index is 13.2. The molecule has 0 saturated carbocycles. The first-order valence-corrected chi connectivity index (χ1v) is 11.7. The van der Waals surface area contributed by atoms with E-state index in [-0.39, 0.29) is 24.4 Å². The van der Waals surface area contributed by atoms with Gasteiger partial charge in [0.15, 0.2) is 11.8 Å². The summed E-state index contributed by atoms with van der Waals surface area (Å²) in [4.78, 5) is 66.9. The number of esters is 2. The van der Waals surface area contributed by atoms with E-state index in [1.165, 1.54) is 6.20 Å². The largest absolute Gasteiger partial charge is 0.447 e. The third-order valence-electron chi connectivity index (χ3n) is 5.52. The van der Waals surface area contributed by atoms with Crippen molar-refractivity contribution in [3.63, 3.8) is 0 Å². The number of carbonyl (C=O) groups excluding carboxylic acids is 5. The number of amides is 3. The molecule has 3 amide bonds. The Morgan fingerprint density at radius 3 is 2.74 bits per heavy atom. The third kappa shape index (κ3) is 5.52. The van der Waals surface area contributed by atoms with Crippen molar-refractivity contribution in [3.05, 3.63) is 42.2 Å².